The van der Waals surface area contributed by atoms with Gasteiger partial charge in [-0.05, 0) is 22.2 Å². The van der Waals surface area contributed by atoms with Gasteiger partial charge in [-0.25, -0.2) is 14.6 Å². The van der Waals surface area contributed by atoms with Crippen LogP contribution in [-0.2, 0) is 0 Å². The Balaban J connectivity index is 2.59. The molecule has 0 saturated heterocycles. The molecule has 0 unspecified atom stereocenters. The molecule has 3 rings (SSSR count). The van der Waals surface area contributed by atoms with Gasteiger partial charge in [-0.1, -0.05) is 0 Å². The van der Waals surface area contributed by atoms with Crippen molar-refractivity contribution in [3.63, 3.8) is 0 Å². The minimum Gasteiger partial charge on any atom is -0.399 e. The van der Waals surface area contributed by atoms with Crippen LogP contribution in [0.3, 0.4) is 0 Å². The lowest BCUT2D eigenvalue weighted by molar-refractivity contribution is -0.00914. The van der Waals surface area contributed by atoms with Crippen molar-refractivity contribution < 1.29 is 9.84 Å². The van der Waals surface area contributed by atoms with E-state index in [-0.39, 0.29) is 0 Å². The second-order valence-corrected chi connectivity index (χ2v) is 2.65. The molecule has 3 aromatic rings. The van der Waals surface area contributed by atoms with Crippen LogP contribution >= 0.6 is 0 Å². The normalized spacial score (nSPS) is 11.4. The molecule has 2 heterocycles. The smallest absolute Gasteiger partial charge is 0.151 e. The fourth-order valence-corrected chi connectivity index (χ4v) is 1.27. The van der Waals surface area contributed by atoms with Crippen molar-refractivity contribution in [1.82, 2.24) is 20.0 Å². The molecule has 6 heteroatoms. The van der Waals surface area contributed by atoms with Gasteiger partial charge in [0, 0.05) is 0 Å². The van der Waals surface area contributed by atoms with E-state index in [4.69, 9.17) is 5.21 Å². The van der Waals surface area contributed by atoms with Crippen molar-refractivity contribution in [2.75, 3.05) is 0 Å². The topological polar surface area (TPSA) is 77.0 Å². The number of rotatable bonds is 0. The molecule has 6 nitrogen and oxygen atoms in total. The molecule has 0 radical (unpaired) electrons. The maximum atomic E-state index is 9.15. The zero-order valence-electron chi connectivity index (χ0n) is 6.38. The summed E-state index contributed by atoms with van der Waals surface area (Å²) in [6.07, 6.45) is 1.46. The van der Waals surface area contributed by atoms with Gasteiger partial charge >= 0.3 is 0 Å². The second-order valence-electron chi connectivity index (χ2n) is 2.65. The maximum Gasteiger partial charge on any atom is 0.151 e. The highest BCUT2D eigenvalue weighted by Crippen LogP contribution is 2.17. The summed E-state index contributed by atoms with van der Waals surface area (Å²) in [7, 11) is 0. The highest BCUT2D eigenvalue weighted by atomic mass is 16.8. The van der Waals surface area contributed by atoms with Gasteiger partial charge in [-0.15, -0.1) is 0 Å². The van der Waals surface area contributed by atoms with Crippen LogP contribution in [0.1, 0.15) is 0 Å². The summed E-state index contributed by atoms with van der Waals surface area (Å²) in [6, 6.07) is 3.36. The summed E-state index contributed by atoms with van der Waals surface area (Å²) in [5.74, 6) is 0. The quantitative estimate of drug-likeness (QED) is 0.513. The number of nitrogens with zero attached hydrogens (tertiary/aromatic N) is 4. The summed E-state index contributed by atoms with van der Waals surface area (Å²) >= 11 is 0. The molecule has 64 valence electrons. The third-order valence-electron chi connectivity index (χ3n) is 1.89. The van der Waals surface area contributed by atoms with Crippen LogP contribution in [0.2, 0.25) is 0 Å². The van der Waals surface area contributed by atoms with E-state index >= 15 is 0 Å². The van der Waals surface area contributed by atoms with E-state index in [2.05, 4.69) is 19.8 Å². The monoisotopic (exact) mass is 176 g/mol. The molecule has 0 amide bonds. The maximum absolute atomic E-state index is 9.15. The van der Waals surface area contributed by atoms with Gasteiger partial charge in [0.05, 0.1) is 11.0 Å². The van der Waals surface area contributed by atoms with E-state index in [1.54, 1.807) is 12.1 Å². The number of aromatic nitrogens is 4. The van der Waals surface area contributed by atoms with Crippen LogP contribution in [0.5, 0.6) is 0 Å². The van der Waals surface area contributed by atoms with Crippen LogP contribution in [0.4, 0.5) is 0 Å². The predicted octanol–water partition coefficient (Wildman–Crippen LogP) is 0.810. The lowest BCUT2D eigenvalue weighted by Gasteiger charge is -1.88. The number of imidazole rings is 1. The zero-order chi connectivity index (χ0) is 8.84. The Bertz CT molecular complexity index is 582. The highest BCUT2D eigenvalue weighted by molar-refractivity contribution is 5.90. The molecule has 0 bridgehead atoms. The van der Waals surface area contributed by atoms with E-state index in [0.29, 0.717) is 21.5 Å². The van der Waals surface area contributed by atoms with Crippen molar-refractivity contribution in [1.29, 1.82) is 0 Å². The molecule has 0 aliphatic rings. The Labute approximate surface area is 71.3 Å². The largest absolute Gasteiger partial charge is 0.399 e. The van der Waals surface area contributed by atoms with E-state index in [0.717, 1.165) is 5.52 Å². The third kappa shape index (κ3) is 0.738. The average Bonchev–Trinajstić information content (AvgIpc) is 2.70. The summed E-state index contributed by atoms with van der Waals surface area (Å²) in [6.45, 7) is 0. The van der Waals surface area contributed by atoms with Crippen LogP contribution in [0, 0.1) is 0 Å². The van der Waals surface area contributed by atoms with E-state index in [9.17, 15) is 0 Å². The van der Waals surface area contributed by atoms with Crippen molar-refractivity contribution in [2.45, 2.75) is 0 Å². The fourth-order valence-electron chi connectivity index (χ4n) is 1.27. The second kappa shape index (κ2) is 1.98. The minimum atomic E-state index is 0.480. The van der Waals surface area contributed by atoms with E-state index in [1.807, 2.05) is 0 Å². The lowest BCUT2D eigenvalue weighted by atomic mass is 10.3. The Hall–Kier alpha value is -2.11. The Morgan fingerprint density at radius 3 is 2.77 bits per heavy atom. The molecule has 0 fully saturated rings. The molecular formula is C7H4N4O2. The fraction of sp³-hybridized carbons (Fsp3) is 0. The van der Waals surface area contributed by atoms with Crippen molar-refractivity contribution in [2.24, 2.45) is 0 Å². The van der Waals surface area contributed by atoms with Gasteiger partial charge in [-0.3, -0.25) is 0 Å². The first kappa shape index (κ1) is 6.41. The first-order chi connectivity index (χ1) is 6.34. The highest BCUT2D eigenvalue weighted by Gasteiger charge is 2.07. The van der Waals surface area contributed by atoms with Gasteiger partial charge in [0.2, 0.25) is 0 Å². The van der Waals surface area contributed by atoms with Crippen molar-refractivity contribution in [3.8, 4) is 0 Å². The molecule has 0 spiro atoms. The van der Waals surface area contributed by atoms with E-state index in [1.165, 1.54) is 6.33 Å². The van der Waals surface area contributed by atoms with Gasteiger partial charge in [0.25, 0.3) is 0 Å². The van der Waals surface area contributed by atoms with Crippen LogP contribution in [0.15, 0.2) is 23.1 Å². The van der Waals surface area contributed by atoms with Gasteiger partial charge in [0.1, 0.15) is 11.8 Å². The van der Waals surface area contributed by atoms with Gasteiger partial charge in [0.15, 0.2) is 5.52 Å². The van der Waals surface area contributed by atoms with Crippen LogP contribution in [0.25, 0.3) is 22.1 Å². The Kier molecular flexibility index (Phi) is 0.974. The molecular weight excluding hydrogens is 172 g/mol. The minimum absolute atomic E-state index is 0.480. The first-order valence-electron chi connectivity index (χ1n) is 3.63. The number of benzene rings is 1. The van der Waals surface area contributed by atoms with Gasteiger partial charge < -0.3 is 5.21 Å². The molecule has 2 aromatic heterocycles. The van der Waals surface area contributed by atoms with Crippen LogP contribution in [-0.4, -0.2) is 25.2 Å². The standard InChI is InChI=1S/C7H4N4O2/c12-11-7-2-5-4(8-3-9-5)1-6(7)10-13-11/h1-3,12H. The first-order valence-corrected chi connectivity index (χ1v) is 3.63. The molecule has 1 N–H and O–H groups in total. The molecule has 0 aliphatic carbocycles. The SMILES string of the molecule is On1onc2cc3ncnc3cc21. The Morgan fingerprint density at radius 1 is 1.15 bits per heavy atom. The summed E-state index contributed by atoms with van der Waals surface area (Å²) in [5.41, 5.74) is 2.48. The lowest BCUT2D eigenvalue weighted by Crippen LogP contribution is -1.85. The molecule has 13 heavy (non-hydrogen) atoms. The third-order valence-corrected chi connectivity index (χ3v) is 1.89. The molecule has 1 aromatic carbocycles. The van der Waals surface area contributed by atoms with Crippen molar-refractivity contribution in [3.05, 3.63) is 18.5 Å². The summed E-state index contributed by atoms with van der Waals surface area (Å²) in [5, 5.41) is 12.8. The van der Waals surface area contributed by atoms with E-state index < -0.39 is 0 Å². The van der Waals surface area contributed by atoms with Crippen molar-refractivity contribution >= 4 is 22.1 Å². The summed E-state index contributed by atoms with van der Waals surface area (Å²) in [4.78, 5) is 8.58. The molecule has 0 aliphatic heterocycles. The molecule has 0 saturated carbocycles. The predicted molar refractivity (Wildman–Crippen MR) is 42.3 cm³/mol. The Morgan fingerprint density at radius 2 is 1.92 bits per heavy atom. The molecule has 0 atom stereocenters. The number of fused-ring (bicyclic) bond motifs is 2. The number of hydrogen-bond donors (Lipinski definition) is 1. The average molecular weight is 176 g/mol. The number of hydrogen-bond acceptors (Lipinski definition) is 5. The zero-order valence-corrected chi connectivity index (χ0v) is 6.38. The van der Waals surface area contributed by atoms with Gasteiger partial charge in [-0.2, -0.15) is 0 Å². The summed E-state index contributed by atoms with van der Waals surface area (Å²) < 4.78 is 4.52. The van der Waals surface area contributed by atoms with Crippen LogP contribution < -0.4 is 0 Å².